The summed E-state index contributed by atoms with van der Waals surface area (Å²) in [6.45, 7) is 3.92. The van der Waals surface area contributed by atoms with Crippen molar-refractivity contribution in [3.8, 4) is 11.5 Å². The van der Waals surface area contributed by atoms with E-state index >= 15 is 0 Å². The topological polar surface area (TPSA) is 79.5 Å². The Bertz CT molecular complexity index is 717. The molecule has 7 heteroatoms. The van der Waals surface area contributed by atoms with Gasteiger partial charge in [-0.05, 0) is 62.4 Å². The first kappa shape index (κ1) is 18.8. The maximum absolute atomic E-state index is 11.9. The summed E-state index contributed by atoms with van der Waals surface area (Å²) in [5.74, 6) is 1.02. The Morgan fingerprint density at radius 1 is 1.04 bits per heavy atom. The summed E-state index contributed by atoms with van der Waals surface area (Å²) in [7, 11) is 0. The number of rotatable bonds is 6. The number of benzene rings is 2. The van der Waals surface area contributed by atoms with Crippen molar-refractivity contribution in [2.45, 2.75) is 19.9 Å². The van der Waals surface area contributed by atoms with Crippen molar-refractivity contribution >= 4 is 33.6 Å². The van der Waals surface area contributed by atoms with Crippen LogP contribution in [0.3, 0.4) is 0 Å². The molecular weight excluding hydrogens is 386 g/mol. The largest absolute Gasteiger partial charge is 0.457 e. The number of urea groups is 1. The van der Waals surface area contributed by atoms with E-state index in [0.717, 1.165) is 15.9 Å². The third-order valence-corrected chi connectivity index (χ3v) is 3.78. The fourth-order valence-electron chi connectivity index (χ4n) is 2.00. The van der Waals surface area contributed by atoms with Crippen LogP contribution in [0.5, 0.6) is 11.5 Å². The molecule has 2 aromatic rings. The van der Waals surface area contributed by atoms with E-state index in [9.17, 15) is 9.59 Å². The molecule has 2 aromatic carbocycles. The van der Waals surface area contributed by atoms with Crippen LogP contribution in [0.1, 0.15) is 13.8 Å². The number of hydrogen-bond donors (Lipinski definition) is 3. The Labute approximate surface area is 155 Å². The molecule has 0 radical (unpaired) electrons. The summed E-state index contributed by atoms with van der Waals surface area (Å²) in [5.41, 5.74) is 0.752. The molecule has 6 nitrogen and oxygen atoms in total. The molecule has 0 fully saturated rings. The van der Waals surface area contributed by atoms with Gasteiger partial charge in [0.05, 0.1) is 0 Å². The van der Waals surface area contributed by atoms with Crippen molar-refractivity contribution in [1.82, 2.24) is 10.6 Å². The maximum Gasteiger partial charge on any atom is 0.321 e. The van der Waals surface area contributed by atoms with Crippen molar-refractivity contribution < 1.29 is 14.3 Å². The Balaban J connectivity index is 1.90. The zero-order valence-electron chi connectivity index (χ0n) is 14.0. The standard InChI is InChI=1S/C18H20BrN3O3/c1-3-20-18(24)22-17(23)12(2)21-14-6-10-16(11-7-14)25-15-8-4-13(19)5-9-15/h4-12,21H,3H2,1-2H3,(H2,20,22,23,24)/t12-/m1/s1. The zero-order valence-corrected chi connectivity index (χ0v) is 15.6. The molecule has 0 bridgehead atoms. The van der Waals surface area contributed by atoms with E-state index in [4.69, 9.17) is 4.74 Å². The molecule has 0 heterocycles. The van der Waals surface area contributed by atoms with Gasteiger partial charge >= 0.3 is 6.03 Å². The number of carbonyl (C=O) groups is 2. The van der Waals surface area contributed by atoms with Crippen molar-refractivity contribution in [3.05, 3.63) is 53.0 Å². The van der Waals surface area contributed by atoms with E-state index in [0.29, 0.717) is 12.3 Å². The van der Waals surface area contributed by atoms with Crippen LogP contribution >= 0.6 is 15.9 Å². The summed E-state index contributed by atoms with van der Waals surface area (Å²) < 4.78 is 6.72. The first-order valence-corrected chi connectivity index (χ1v) is 8.66. The molecule has 1 atom stereocenters. The van der Waals surface area contributed by atoms with E-state index in [1.165, 1.54) is 0 Å². The number of ether oxygens (including phenoxy) is 1. The molecule has 0 saturated heterocycles. The van der Waals surface area contributed by atoms with Gasteiger partial charge in [0.15, 0.2) is 0 Å². The van der Waals surface area contributed by atoms with Crippen LogP contribution in [0.4, 0.5) is 10.5 Å². The average molecular weight is 406 g/mol. The molecule has 2 rings (SSSR count). The fraction of sp³-hybridized carbons (Fsp3) is 0.222. The Morgan fingerprint density at radius 3 is 2.16 bits per heavy atom. The lowest BCUT2D eigenvalue weighted by atomic mass is 10.2. The minimum Gasteiger partial charge on any atom is -0.457 e. The number of imide groups is 1. The van der Waals surface area contributed by atoms with Gasteiger partial charge in [0.25, 0.3) is 0 Å². The van der Waals surface area contributed by atoms with Gasteiger partial charge in [-0.3, -0.25) is 10.1 Å². The van der Waals surface area contributed by atoms with Crippen LogP contribution in [-0.2, 0) is 4.79 Å². The summed E-state index contributed by atoms with van der Waals surface area (Å²) in [5, 5.41) is 7.81. The quantitative estimate of drug-likeness (QED) is 0.680. The summed E-state index contributed by atoms with van der Waals surface area (Å²) in [6.07, 6.45) is 0. The van der Waals surface area contributed by atoms with Crippen molar-refractivity contribution in [1.29, 1.82) is 0 Å². The van der Waals surface area contributed by atoms with Gasteiger partial charge in [0, 0.05) is 16.7 Å². The second-order valence-corrected chi connectivity index (χ2v) is 6.21. The van der Waals surface area contributed by atoms with Crippen LogP contribution in [0, 0.1) is 0 Å². The number of halogens is 1. The molecule has 3 N–H and O–H groups in total. The highest BCUT2D eigenvalue weighted by molar-refractivity contribution is 9.10. The Morgan fingerprint density at radius 2 is 1.60 bits per heavy atom. The smallest absolute Gasteiger partial charge is 0.321 e. The highest BCUT2D eigenvalue weighted by Gasteiger charge is 2.15. The second-order valence-electron chi connectivity index (χ2n) is 5.30. The number of amides is 3. The number of hydrogen-bond acceptors (Lipinski definition) is 4. The normalized spacial score (nSPS) is 11.3. The molecule has 0 aliphatic carbocycles. The Kier molecular flexibility index (Phi) is 6.82. The summed E-state index contributed by atoms with van der Waals surface area (Å²) in [6, 6.07) is 13.7. The van der Waals surface area contributed by atoms with Crippen LogP contribution in [-0.4, -0.2) is 24.5 Å². The molecule has 0 saturated carbocycles. The lowest BCUT2D eigenvalue weighted by Crippen LogP contribution is -2.45. The maximum atomic E-state index is 11.9. The fourth-order valence-corrected chi connectivity index (χ4v) is 2.26. The molecule has 3 amide bonds. The lowest BCUT2D eigenvalue weighted by molar-refractivity contribution is -0.120. The van der Waals surface area contributed by atoms with Gasteiger partial charge in [-0.1, -0.05) is 15.9 Å². The first-order chi connectivity index (χ1) is 12.0. The summed E-state index contributed by atoms with van der Waals surface area (Å²) >= 11 is 3.38. The molecule has 132 valence electrons. The number of nitrogens with one attached hydrogen (secondary N) is 3. The minimum atomic E-state index is -0.555. The van der Waals surface area contributed by atoms with E-state index in [1.54, 1.807) is 26.0 Å². The van der Waals surface area contributed by atoms with Gasteiger partial charge in [0.2, 0.25) is 5.91 Å². The second kappa shape index (κ2) is 9.08. The van der Waals surface area contributed by atoms with Crippen LogP contribution in [0.2, 0.25) is 0 Å². The van der Waals surface area contributed by atoms with Crippen LogP contribution in [0.25, 0.3) is 0 Å². The predicted molar refractivity (Wildman–Crippen MR) is 101 cm³/mol. The van der Waals surface area contributed by atoms with E-state index in [1.807, 2.05) is 36.4 Å². The van der Waals surface area contributed by atoms with Gasteiger partial charge in [0.1, 0.15) is 17.5 Å². The highest BCUT2D eigenvalue weighted by atomic mass is 79.9. The van der Waals surface area contributed by atoms with E-state index in [-0.39, 0.29) is 0 Å². The molecular formula is C18H20BrN3O3. The molecule has 25 heavy (non-hydrogen) atoms. The van der Waals surface area contributed by atoms with E-state index in [2.05, 4.69) is 31.9 Å². The SMILES string of the molecule is CCNC(=O)NC(=O)[C@@H](C)Nc1ccc(Oc2ccc(Br)cc2)cc1. The third kappa shape index (κ3) is 6.11. The minimum absolute atomic E-state index is 0.402. The molecule has 0 aromatic heterocycles. The average Bonchev–Trinajstić information content (AvgIpc) is 2.58. The first-order valence-electron chi connectivity index (χ1n) is 7.86. The monoisotopic (exact) mass is 405 g/mol. The van der Waals surface area contributed by atoms with Crippen LogP contribution < -0.4 is 20.7 Å². The lowest BCUT2D eigenvalue weighted by Gasteiger charge is -2.15. The number of anilines is 1. The van der Waals surface area contributed by atoms with Crippen molar-refractivity contribution in [2.24, 2.45) is 0 Å². The molecule has 0 unspecified atom stereocenters. The van der Waals surface area contributed by atoms with Crippen molar-refractivity contribution in [2.75, 3.05) is 11.9 Å². The van der Waals surface area contributed by atoms with E-state index < -0.39 is 18.0 Å². The predicted octanol–water partition coefficient (Wildman–Crippen LogP) is 3.89. The van der Waals surface area contributed by atoms with Gasteiger partial charge < -0.3 is 15.4 Å². The third-order valence-electron chi connectivity index (χ3n) is 3.25. The van der Waals surface area contributed by atoms with Gasteiger partial charge in [-0.25, -0.2) is 4.79 Å². The number of carbonyl (C=O) groups excluding carboxylic acids is 2. The summed E-state index contributed by atoms with van der Waals surface area (Å²) in [4.78, 5) is 23.3. The van der Waals surface area contributed by atoms with Crippen molar-refractivity contribution in [3.63, 3.8) is 0 Å². The van der Waals surface area contributed by atoms with Gasteiger partial charge in [-0.15, -0.1) is 0 Å². The highest BCUT2D eigenvalue weighted by Crippen LogP contribution is 2.24. The Hall–Kier alpha value is -2.54. The van der Waals surface area contributed by atoms with Gasteiger partial charge in [-0.2, -0.15) is 0 Å². The zero-order chi connectivity index (χ0) is 18.2. The molecule has 0 spiro atoms. The molecule has 0 aliphatic heterocycles. The molecule has 0 aliphatic rings. The van der Waals surface area contributed by atoms with Crippen LogP contribution in [0.15, 0.2) is 53.0 Å².